The monoisotopic (exact) mass is 376 g/mol. The van der Waals surface area contributed by atoms with Gasteiger partial charge in [0.1, 0.15) is 4.90 Å². The Kier molecular flexibility index (Phi) is 4.00. The highest BCUT2D eigenvalue weighted by Crippen LogP contribution is 2.48. The Morgan fingerprint density at radius 1 is 1.33 bits per heavy atom. The van der Waals surface area contributed by atoms with Gasteiger partial charge in [0.2, 0.25) is 10.0 Å². The van der Waals surface area contributed by atoms with Crippen molar-refractivity contribution in [1.82, 2.24) is 4.72 Å². The number of sulfonamides is 1. The van der Waals surface area contributed by atoms with E-state index in [4.69, 9.17) is 5.73 Å². The predicted octanol–water partition coefficient (Wildman–Crippen LogP) is 2.88. The Labute approximate surface area is 132 Å². The molecule has 2 aliphatic carbocycles. The minimum absolute atomic E-state index is 0.0581. The standard InChI is InChI=1S/C14H18BrFN2O2S/c15-12-5-11(17)6-13(14(12)16)21(19,20)18-7-10-4-8-1-2-9(10)3-8/h5-6,8-10,18H,1-4,7,17H2. The predicted molar refractivity (Wildman–Crippen MR) is 82.6 cm³/mol. The van der Waals surface area contributed by atoms with Crippen LogP contribution in [0.1, 0.15) is 25.7 Å². The largest absolute Gasteiger partial charge is 0.399 e. The number of anilines is 1. The number of nitrogens with one attached hydrogen (secondary N) is 1. The third-order valence-electron chi connectivity index (χ3n) is 4.73. The van der Waals surface area contributed by atoms with Gasteiger partial charge < -0.3 is 5.73 Å². The Balaban J connectivity index is 1.75. The van der Waals surface area contributed by atoms with Gasteiger partial charge in [0, 0.05) is 12.2 Å². The molecule has 3 unspecified atom stereocenters. The van der Waals surface area contributed by atoms with Crippen LogP contribution >= 0.6 is 15.9 Å². The SMILES string of the molecule is Nc1cc(Br)c(F)c(S(=O)(=O)NCC2CC3CCC2C3)c1. The molecule has 3 atom stereocenters. The van der Waals surface area contributed by atoms with Crippen molar-refractivity contribution >= 4 is 31.6 Å². The molecule has 0 heterocycles. The van der Waals surface area contributed by atoms with E-state index in [0.717, 1.165) is 18.4 Å². The molecule has 7 heteroatoms. The topological polar surface area (TPSA) is 72.2 Å². The fourth-order valence-electron chi connectivity index (χ4n) is 3.70. The molecule has 2 aliphatic rings. The summed E-state index contributed by atoms with van der Waals surface area (Å²) in [5.41, 5.74) is 5.82. The second-order valence-corrected chi connectivity index (χ2v) is 8.69. The van der Waals surface area contributed by atoms with Gasteiger partial charge >= 0.3 is 0 Å². The van der Waals surface area contributed by atoms with E-state index < -0.39 is 20.7 Å². The first kappa shape index (κ1) is 15.2. The molecule has 0 aliphatic heterocycles. The quantitative estimate of drug-likeness (QED) is 0.793. The van der Waals surface area contributed by atoms with Gasteiger partial charge in [0.05, 0.1) is 4.47 Å². The average Bonchev–Trinajstić information content (AvgIpc) is 3.03. The van der Waals surface area contributed by atoms with Gasteiger partial charge in [-0.05, 0) is 65.1 Å². The molecule has 2 bridgehead atoms. The van der Waals surface area contributed by atoms with Gasteiger partial charge in [-0.2, -0.15) is 0 Å². The van der Waals surface area contributed by atoms with Crippen LogP contribution in [0.4, 0.5) is 10.1 Å². The first-order valence-corrected chi connectivity index (χ1v) is 9.38. The lowest BCUT2D eigenvalue weighted by molar-refractivity contribution is 0.332. The molecule has 2 fully saturated rings. The molecule has 0 saturated heterocycles. The summed E-state index contributed by atoms with van der Waals surface area (Å²) in [6.45, 7) is 0.384. The maximum Gasteiger partial charge on any atom is 0.243 e. The van der Waals surface area contributed by atoms with E-state index in [0.29, 0.717) is 18.4 Å². The van der Waals surface area contributed by atoms with Crippen molar-refractivity contribution in [3.63, 3.8) is 0 Å². The molecule has 3 rings (SSSR count). The Hall–Kier alpha value is -0.660. The van der Waals surface area contributed by atoms with Gasteiger partial charge in [-0.1, -0.05) is 6.42 Å². The Bertz CT molecular complexity index is 665. The summed E-state index contributed by atoms with van der Waals surface area (Å²) >= 11 is 2.99. The second-order valence-electron chi connectivity index (χ2n) is 6.10. The molecule has 4 nitrogen and oxygen atoms in total. The smallest absolute Gasteiger partial charge is 0.243 e. The summed E-state index contributed by atoms with van der Waals surface area (Å²) in [6, 6.07) is 2.51. The van der Waals surface area contributed by atoms with Gasteiger partial charge in [0.15, 0.2) is 5.82 Å². The maximum atomic E-state index is 14.0. The second kappa shape index (κ2) is 5.52. The molecular weight excluding hydrogens is 359 g/mol. The summed E-state index contributed by atoms with van der Waals surface area (Å²) in [4.78, 5) is -0.391. The van der Waals surface area contributed by atoms with Crippen molar-refractivity contribution in [2.45, 2.75) is 30.6 Å². The number of halogens is 2. The van der Waals surface area contributed by atoms with E-state index in [1.807, 2.05) is 0 Å². The zero-order valence-electron chi connectivity index (χ0n) is 11.5. The number of hydrogen-bond donors (Lipinski definition) is 2. The van der Waals surface area contributed by atoms with Gasteiger partial charge in [-0.25, -0.2) is 17.5 Å². The van der Waals surface area contributed by atoms with Crippen molar-refractivity contribution in [3.05, 3.63) is 22.4 Å². The van der Waals surface area contributed by atoms with E-state index in [9.17, 15) is 12.8 Å². The Morgan fingerprint density at radius 2 is 2.10 bits per heavy atom. The molecule has 21 heavy (non-hydrogen) atoms. The summed E-state index contributed by atoms with van der Waals surface area (Å²) in [6.07, 6.45) is 4.75. The average molecular weight is 377 g/mol. The third kappa shape index (κ3) is 2.96. The fourth-order valence-corrected chi connectivity index (χ4v) is 5.54. The maximum absolute atomic E-state index is 14.0. The summed E-state index contributed by atoms with van der Waals surface area (Å²) in [7, 11) is -3.88. The number of hydrogen-bond acceptors (Lipinski definition) is 3. The lowest BCUT2D eigenvalue weighted by Crippen LogP contribution is -2.32. The normalized spacial score (nSPS) is 28.2. The highest BCUT2D eigenvalue weighted by molar-refractivity contribution is 9.10. The van der Waals surface area contributed by atoms with Crippen molar-refractivity contribution in [1.29, 1.82) is 0 Å². The zero-order valence-corrected chi connectivity index (χ0v) is 13.9. The molecule has 0 radical (unpaired) electrons. The first-order valence-electron chi connectivity index (χ1n) is 7.11. The molecule has 0 amide bonds. The highest BCUT2D eigenvalue weighted by Gasteiger charge is 2.39. The van der Waals surface area contributed by atoms with Crippen molar-refractivity contribution in [2.24, 2.45) is 17.8 Å². The van der Waals surface area contributed by atoms with Gasteiger partial charge in [-0.15, -0.1) is 0 Å². The van der Waals surface area contributed by atoms with E-state index >= 15 is 0 Å². The summed E-state index contributed by atoms with van der Waals surface area (Å²) in [5, 5.41) is 0. The van der Waals surface area contributed by atoms with Crippen LogP contribution in [0.25, 0.3) is 0 Å². The van der Waals surface area contributed by atoms with Crippen LogP contribution in [0, 0.1) is 23.6 Å². The van der Waals surface area contributed by atoms with Crippen LogP contribution in [0.3, 0.4) is 0 Å². The zero-order chi connectivity index (χ0) is 15.2. The number of benzene rings is 1. The molecule has 116 valence electrons. The van der Waals surface area contributed by atoms with Gasteiger partial charge in [0.25, 0.3) is 0 Å². The van der Waals surface area contributed by atoms with E-state index in [2.05, 4.69) is 20.7 Å². The van der Waals surface area contributed by atoms with Gasteiger partial charge in [-0.3, -0.25) is 0 Å². The van der Waals surface area contributed by atoms with Crippen molar-refractivity contribution in [2.75, 3.05) is 12.3 Å². The molecule has 0 spiro atoms. The van der Waals surface area contributed by atoms with E-state index in [-0.39, 0.29) is 10.2 Å². The van der Waals surface area contributed by atoms with Crippen LogP contribution in [0.5, 0.6) is 0 Å². The molecule has 0 aromatic heterocycles. The summed E-state index contributed by atoms with van der Waals surface area (Å²) < 4.78 is 41.2. The van der Waals surface area contributed by atoms with E-state index in [1.54, 1.807) is 0 Å². The third-order valence-corrected chi connectivity index (χ3v) is 6.73. The van der Waals surface area contributed by atoms with Crippen LogP contribution in [0.15, 0.2) is 21.5 Å². The first-order chi connectivity index (χ1) is 9.87. The van der Waals surface area contributed by atoms with Crippen LogP contribution in [-0.2, 0) is 10.0 Å². The Morgan fingerprint density at radius 3 is 2.71 bits per heavy atom. The molecule has 3 N–H and O–H groups in total. The van der Waals surface area contributed by atoms with Crippen molar-refractivity contribution < 1.29 is 12.8 Å². The molecule has 1 aromatic carbocycles. The minimum atomic E-state index is -3.88. The lowest BCUT2D eigenvalue weighted by atomic mass is 9.89. The van der Waals surface area contributed by atoms with E-state index in [1.165, 1.54) is 25.3 Å². The number of nitrogen functional groups attached to an aromatic ring is 1. The lowest BCUT2D eigenvalue weighted by Gasteiger charge is -2.22. The number of rotatable bonds is 4. The fraction of sp³-hybridized carbons (Fsp3) is 0.571. The highest BCUT2D eigenvalue weighted by atomic mass is 79.9. The van der Waals surface area contributed by atoms with Crippen LogP contribution in [0.2, 0.25) is 0 Å². The number of nitrogens with two attached hydrogens (primary N) is 1. The van der Waals surface area contributed by atoms with Crippen molar-refractivity contribution in [3.8, 4) is 0 Å². The molecule has 2 saturated carbocycles. The minimum Gasteiger partial charge on any atom is -0.399 e. The van der Waals surface area contributed by atoms with Crippen LogP contribution < -0.4 is 10.5 Å². The molecule has 1 aromatic rings. The molecular formula is C14H18BrFN2O2S. The summed E-state index contributed by atoms with van der Waals surface area (Å²) in [5.74, 6) is 0.952. The number of fused-ring (bicyclic) bond motifs is 2. The van der Waals surface area contributed by atoms with Crippen LogP contribution in [-0.4, -0.2) is 15.0 Å².